The Morgan fingerprint density at radius 1 is 1.16 bits per heavy atom. The fourth-order valence-corrected chi connectivity index (χ4v) is 4.30. The monoisotopic (exact) mass is 443 g/mol. The van der Waals surface area contributed by atoms with Gasteiger partial charge in [0.05, 0.1) is 17.4 Å². The van der Waals surface area contributed by atoms with E-state index in [0.29, 0.717) is 60.2 Å². The number of hydrogen-bond acceptors (Lipinski definition) is 4. The van der Waals surface area contributed by atoms with E-state index >= 15 is 0 Å². The highest BCUT2D eigenvalue weighted by molar-refractivity contribution is 6.43. The molecule has 0 unspecified atom stereocenters. The number of aryl methyl sites for hydroxylation is 1. The second-order valence-electron chi connectivity index (χ2n) is 8.43. The van der Waals surface area contributed by atoms with E-state index < -0.39 is 17.6 Å². The number of benzene rings is 1. The predicted molar refractivity (Wildman–Crippen MR) is 119 cm³/mol. The summed E-state index contributed by atoms with van der Waals surface area (Å²) in [6, 6.07) is 4.15. The lowest BCUT2D eigenvalue weighted by molar-refractivity contribution is -0.118. The number of carbonyl (C=O) groups is 3. The summed E-state index contributed by atoms with van der Waals surface area (Å²) in [5, 5.41) is 15.2. The van der Waals surface area contributed by atoms with Crippen molar-refractivity contribution in [2.45, 2.75) is 65.0 Å². The van der Waals surface area contributed by atoms with E-state index in [2.05, 4.69) is 10.6 Å². The summed E-state index contributed by atoms with van der Waals surface area (Å²) in [6.45, 7) is 5.16. The maximum Gasteiger partial charge on any atom is 0.294 e. The fraction of sp³-hybridized carbons (Fsp3) is 0.458. The van der Waals surface area contributed by atoms with Crippen LogP contribution in [0.3, 0.4) is 0 Å². The molecule has 1 aromatic carbocycles. The molecule has 2 aromatic rings. The number of amides is 2. The maximum atomic E-state index is 13.5. The van der Waals surface area contributed by atoms with E-state index in [1.807, 2.05) is 6.92 Å². The van der Waals surface area contributed by atoms with E-state index in [1.165, 1.54) is 18.2 Å². The molecule has 3 N–H and O–H groups in total. The molecule has 1 saturated carbocycles. The number of ketones is 1. The van der Waals surface area contributed by atoms with Crippen molar-refractivity contribution < 1.29 is 23.9 Å². The number of aliphatic hydroxyl groups is 1. The molecule has 1 aliphatic rings. The highest BCUT2D eigenvalue weighted by atomic mass is 19.1. The number of hydrogen-bond donors (Lipinski definition) is 3. The number of Topliss-reactive ketones (excluding diaryl/α,β-unsaturated/α-hetero) is 1. The molecule has 32 heavy (non-hydrogen) atoms. The van der Waals surface area contributed by atoms with Crippen LogP contribution in [-0.4, -0.2) is 39.4 Å². The number of nitrogens with zero attached hydrogens (tertiary/aromatic N) is 1. The number of anilines is 1. The minimum atomic E-state index is -0.706. The molecule has 1 aliphatic carbocycles. The Bertz CT molecular complexity index is 1050. The first-order chi connectivity index (χ1) is 15.1. The second-order valence-corrected chi connectivity index (χ2v) is 8.43. The topological polar surface area (TPSA) is 100 Å². The van der Waals surface area contributed by atoms with Gasteiger partial charge in [0.15, 0.2) is 0 Å². The zero-order valence-corrected chi connectivity index (χ0v) is 18.9. The van der Waals surface area contributed by atoms with Gasteiger partial charge < -0.3 is 20.3 Å². The van der Waals surface area contributed by atoms with Crippen molar-refractivity contribution in [3.63, 3.8) is 0 Å². The Hall–Kier alpha value is -3.00. The third-order valence-corrected chi connectivity index (χ3v) is 6.24. The van der Waals surface area contributed by atoms with Crippen LogP contribution in [0.2, 0.25) is 0 Å². The standard InChI is InChI=1S/C24H30FN3O4/c1-5-18-20(23(31)27-16-8-11-19(25)13(2)12-16)14(3)28(4)21(18)22(30)24(32)26-15-6-9-17(29)10-7-15/h8,11-12,15,17,29H,5-7,9-10H2,1-4H3,(H,26,32)(H,27,31)/t15-,17+. The summed E-state index contributed by atoms with van der Waals surface area (Å²) in [5.74, 6) is -2.17. The van der Waals surface area contributed by atoms with Crippen LogP contribution in [0.5, 0.6) is 0 Å². The number of halogens is 1. The average molecular weight is 444 g/mol. The third kappa shape index (κ3) is 4.75. The quantitative estimate of drug-likeness (QED) is 0.471. The normalized spacial score (nSPS) is 18.3. The molecule has 1 heterocycles. The number of nitrogens with one attached hydrogen (secondary N) is 2. The van der Waals surface area contributed by atoms with Crippen LogP contribution in [0, 0.1) is 19.7 Å². The highest BCUT2D eigenvalue weighted by Crippen LogP contribution is 2.26. The van der Waals surface area contributed by atoms with Crippen molar-refractivity contribution in [1.82, 2.24) is 9.88 Å². The second kappa shape index (κ2) is 9.65. The molecule has 2 amide bonds. The van der Waals surface area contributed by atoms with Gasteiger partial charge in [-0.3, -0.25) is 14.4 Å². The summed E-state index contributed by atoms with van der Waals surface area (Å²) in [4.78, 5) is 38.8. The largest absolute Gasteiger partial charge is 0.393 e. The van der Waals surface area contributed by atoms with Gasteiger partial charge >= 0.3 is 0 Å². The summed E-state index contributed by atoms with van der Waals surface area (Å²) < 4.78 is 15.1. The van der Waals surface area contributed by atoms with Crippen LogP contribution in [0.25, 0.3) is 0 Å². The summed E-state index contributed by atoms with van der Waals surface area (Å²) in [7, 11) is 1.66. The van der Waals surface area contributed by atoms with Gasteiger partial charge in [0.2, 0.25) is 0 Å². The van der Waals surface area contributed by atoms with Gasteiger partial charge in [0.1, 0.15) is 5.82 Å². The molecule has 8 heteroatoms. The van der Waals surface area contributed by atoms with Crippen molar-refractivity contribution in [3.05, 3.63) is 52.1 Å². The minimum Gasteiger partial charge on any atom is -0.393 e. The molecule has 0 radical (unpaired) electrons. The number of aliphatic hydroxyl groups excluding tert-OH is 1. The van der Waals surface area contributed by atoms with Gasteiger partial charge in [-0.05, 0) is 75.3 Å². The van der Waals surface area contributed by atoms with E-state index in [-0.39, 0.29) is 23.7 Å². The van der Waals surface area contributed by atoms with Crippen molar-refractivity contribution in [2.75, 3.05) is 5.32 Å². The zero-order chi connectivity index (χ0) is 23.6. The van der Waals surface area contributed by atoms with Gasteiger partial charge in [0, 0.05) is 24.5 Å². The van der Waals surface area contributed by atoms with Gasteiger partial charge in [-0.25, -0.2) is 4.39 Å². The Labute approximate surface area is 187 Å². The van der Waals surface area contributed by atoms with Crippen LogP contribution in [0.4, 0.5) is 10.1 Å². The Morgan fingerprint density at radius 3 is 2.41 bits per heavy atom. The summed E-state index contributed by atoms with van der Waals surface area (Å²) in [6.07, 6.45) is 2.46. The lowest BCUT2D eigenvalue weighted by Crippen LogP contribution is -2.42. The first kappa shape index (κ1) is 23.7. The highest BCUT2D eigenvalue weighted by Gasteiger charge is 2.31. The first-order valence-electron chi connectivity index (χ1n) is 10.9. The van der Waals surface area contributed by atoms with Crippen molar-refractivity contribution >= 4 is 23.3 Å². The smallest absolute Gasteiger partial charge is 0.294 e. The van der Waals surface area contributed by atoms with Crippen molar-refractivity contribution in [2.24, 2.45) is 7.05 Å². The molecule has 0 atom stereocenters. The SMILES string of the molecule is CCc1c(C(=O)Nc2ccc(F)c(C)c2)c(C)n(C)c1C(=O)C(=O)N[C@H]1CC[C@@H](O)CC1. The van der Waals surface area contributed by atoms with Crippen LogP contribution >= 0.6 is 0 Å². The number of carbonyl (C=O) groups excluding carboxylic acids is 3. The molecule has 0 spiro atoms. The van der Waals surface area contributed by atoms with Crippen LogP contribution < -0.4 is 10.6 Å². The van der Waals surface area contributed by atoms with Crippen LogP contribution in [0.1, 0.15) is 70.3 Å². The molecule has 0 saturated heterocycles. The number of aromatic nitrogens is 1. The fourth-order valence-electron chi connectivity index (χ4n) is 4.30. The molecule has 3 rings (SSSR count). The lowest BCUT2D eigenvalue weighted by Gasteiger charge is -2.25. The van der Waals surface area contributed by atoms with Gasteiger partial charge in [-0.1, -0.05) is 6.92 Å². The molecule has 1 aromatic heterocycles. The van der Waals surface area contributed by atoms with Crippen LogP contribution in [0.15, 0.2) is 18.2 Å². The minimum absolute atomic E-state index is 0.147. The zero-order valence-electron chi connectivity index (χ0n) is 18.9. The van der Waals surface area contributed by atoms with Gasteiger partial charge in [-0.2, -0.15) is 0 Å². The van der Waals surface area contributed by atoms with E-state index in [0.717, 1.165) is 0 Å². The molecule has 1 fully saturated rings. The first-order valence-corrected chi connectivity index (χ1v) is 10.9. The van der Waals surface area contributed by atoms with E-state index in [1.54, 1.807) is 25.5 Å². The summed E-state index contributed by atoms with van der Waals surface area (Å²) >= 11 is 0. The average Bonchev–Trinajstić information content (AvgIpc) is 3.01. The Balaban J connectivity index is 1.85. The van der Waals surface area contributed by atoms with E-state index in [4.69, 9.17) is 0 Å². The van der Waals surface area contributed by atoms with Crippen molar-refractivity contribution in [1.29, 1.82) is 0 Å². The summed E-state index contributed by atoms with van der Waals surface area (Å²) in [5.41, 5.74) is 2.46. The Morgan fingerprint density at radius 2 is 1.81 bits per heavy atom. The van der Waals surface area contributed by atoms with Gasteiger partial charge in [0.25, 0.3) is 17.6 Å². The molecule has 0 aliphatic heterocycles. The molecule has 7 nitrogen and oxygen atoms in total. The van der Waals surface area contributed by atoms with Crippen LogP contribution in [-0.2, 0) is 18.3 Å². The Kier molecular flexibility index (Phi) is 7.13. The third-order valence-electron chi connectivity index (χ3n) is 6.24. The number of rotatable bonds is 6. The maximum absolute atomic E-state index is 13.5. The predicted octanol–water partition coefficient (Wildman–Crippen LogP) is 3.20. The molecule has 0 bridgehead atoms. The molecular formula is C24H30FN3O4. The van der Waals surface area contributed by atoms with Crippen molar-refractivity contribution in [3.8, 4) is 0 Å². The van der Waals surface area contributed by atoms with E-state index in [9.17, 15) is 23.9 Å². The molecule has 172 valence electrons. The lowest BCUT2D eigenvalue weighted by atomic mass is 9.93. The molecular weight excluding hydrogens is 413 g/mol. The van der Waals surface area contributed by atoms with Gasteiger partial charge in [-0.15, -0.1) is 0 Å².